The van der Waals surface area contributed by atoms with Gasteiger partial charge < -0.3 is 5.11 Å². The molecule has 0 aliphatic heterocycles. The fourth-order valence-corrected chi connectivity index (χ4v) is 3.21. The summed E-state index contributed by atoms with van der Waals surface area (Å²) in [6.45, 7) is 0.186. The zero-order valence-corrected chi connectivity index (χ0v) is 13.7. The van der Waals surface area contributed by atoms with Gasteiger partial charge >= 0.3 is 5.97 Å². The van der Waals surface area contributed by atoms with Gasteiger partial charge in [0.25, 0.3) is 10.2 Å². The molecular formula is C13H20N2O4S2. The number of benzene rings is 1. The highest BCUT2D eigenvalue weighted by Gasteiger charge is 2.26. The Labute approximate surface area is 129 Å². The van der Waals surface area contributed by atoms with Crippen molar-refractivity contribution in [2.45, 2.75) is 19.0 Å². The highest BCUT2D eigenvalue weighted by atomic mass is 32.2. The molecular weight excluding hydrogens is 312 g/mol. The predicted molar refractivity (Wildman–Crippen MR) is 84.4 cm³/mol. The molecule has 0 fully saturated rings. The van der Waals surface area contributed by atoms with Crippen molar-refractivity contribution in [1.82, 2.24) is 9.03 Å². The van der Waals surface area contributed by atoms with Gasteiger partial charge in [-0.3, -0.25) is 4.79 Å². The molecule has 0 amide bonds. The Balaban J connectivity index is 2.72. The van der Waals surface area contributed by atoms with Crippen LogP contribution in [0.25, 0.3) is 0 Å². The number of carboxylic acids is 1. The van der Waals surface area contributed by atoms with Crippen LogP contribution in [0.3, 0.4) is 0 Å². The third-order valence-electron chi connectivity index (χ3n) is 2.86. The first-order chi connectivity index (χ1) is 9.86. The molecule has 118 valence electrons. The van der Waals surface area contributed by atoms with Crippen LogP contribution in [-0.2, 0) is 21.5 Å². The molecule has 0 spiro atoms. The Morgan fingerprint density at radius 1 is 1.38 bits per heavy atom. The van der Waals surface area contributed by atoms with E-state index in [0.29, 0.717) is 5.75 Å². The lowest BCUT2D eigenvalue weighted by Gasteiger charge is -2.21. The van der Waals surface area contributed by atoms with Crippen LogP contribution in [-0.4, -0.2) is 48.9 Å². The van der Waals surface area contributed by atoms with Crippen molar-refractivity contribution >= 4 is 27.9 Å². The molecule has 1 aromatic rings. The fourth-order valence-electron chi connectivity index (χ4n) is 1.66. The normalized spacial score (nSPS) is 13.3. The Morgan fingerprint density at radius 3 is 2.52 bits per heavy atom. The summed E-state index contributed by atoms with van der Waals surface area (Å²) < 4.78 is 27.7. The maximum atomic E-state index is 12.2. The average molecular weight is 332 g/mol. The van der Waals surface area contributed by atoms with Gasteiger partial charge in [0, 0.05) is 13.6 Å². The number of thioether (sulfide) groups is 1. The Bertz CT molecular complexity index is 549. The number of hydrogen-bond donors (Lipinski definition) is 2. The summed E-state index contributed by atoms with van der Waals surface area (Å²) in [6.07, 6.45) is 2.09. The molecule has 2 N–H and O–H groups in total. The summed E-state index contributed by atoms with van der Waals surface area (Å²) in [5, 5.41) is 9.08. The lowest BCUT2D eigenvalue weighted by molar-refractivity contribution is -0.139. The number of hydrogen-bond acceptors (Lipinski definition) is 4. The van der Waals surface area contributed by atoms with Crippen molar-refractivity contribution < 1.29 is 18.3 Å². The molecule has 0 heterocycles. The molecule has 1 rings (SSSR count). The van der Waals surface area contributed by atoms with Crippen LogP contribution < -0.4 is 4.72 Å². The van der Waals surface area contributed by atoms with Crippen molar-refractivity contribution in [1.29, 1.82) is 0 Å². The quantitative estimate of drug-likeness (QED) is 0.708. The van der Waals surface area contributed by atoms with Crippen LogP contribution in [0.4, 0.5) is 0 Å². The minimum atomic E-state index is -3.84. The molecule has 0 saturated heterocycles. The van der Waals surface area contributed by atoms with Crippen LogP contribution in [0.15, 0.2) is 30.3 Å². The molecule has 1 aromatic carbocycles. The van der Waals surface area contributed by atoms with E-state index in [9.17, 15) is 13.2 Å². The summed E-state index contributed by atoms with van der Waals surface area (Å²) in [5.41, 5.74) is 0.835. The summed E-state index contributed by atoms with van der Waals surface area (Å²) in [4.78, 5) is 11.1. The Kier molecular flexibility index (Phi) is 7.16. The number of aliphatic carboxylic acids is 1. The van der Waals surface area contributed by atoms with Crippen molar-refractivity contribution in [3.05, 3.63) is 35.9 Å². The van der Waals surface area contributed by atoms with Gasteiger partial charge in [0.1, 0.15) is 6.04 Å². The van der Waals surface area contributed by atoms with Gasteiger partial charge in [-0.1, -0.05) is 30.3 Å². The highest BCUT2D eigenvalue weighted by Crippen LogP contribution is 2.08. The van der Waals surface area contributed by atoms with E-state index in [2.05, 4.69) is 4.72 Å². The Morgan fingerprint density at radius 2 is 2.00 bits per heavy atom. The molecule has 6 nitrogen and oxygen atoms in total. The van der Waals surface area contributed by atoms with E-state index in [0.717, 1.165) is 9.87 Å². The van der Waals surface area contributed by atoms with Crippen LogP contribution >= 0.6 is 11.8 Å². The van der Waals surface area contributed by atoms with E-state index >= 15 is 0 Å². The molecule has 8 heteroatoms. The molecule has 1 atom stereocenters. The van der Waals surface area contributed by atoms with E-state index in [1.807, 2.05) is 36.6 Å². The third kappa shape index (κ3) is 6.04. The van der Waals surface area contributed by atoms with Crippen molar-refractivity contribution in [2.24, 2.45) is 0 Å². The van der Waals surface area contributed by atoms with Crippen LogP contribution in [0.2, 0.25) is 0 Å². The number of nitrogens with zero attached hydrogens (tertiary/aromatic N) is 1. The molecule has 0 aliphatic carbocycles. The van der Waals surface area contributed by atoms with Gasteiger partial charge in [-0.05, 0) is 24.0 Å². The largest absolute Gasteiger partial charge is 0.480 e. The average Bonchev–Trinajstić information content (AvgIpc) is 2.44. The standard InChI is InChI=1S/C13H20N2O4S2/c1-15(10-11-6-4-3-5-7-11)21(18,19)14-12(13(16)17)8-9-20-2/h3-7,12,14H,8-10H2,1-2H3,(H,16,17)/t12-/m0/s1. The van der Waals surface area contributed by atoms with Gasteiger partial charge in [-0.2, -0.15) is 29.2 Å². The second kappa shape index (κ2) is 8.38. The second-order valence-electron chi connectivity index (χ2n) is 4.54. The molecule has 0 bridgehead atoms. The van der Waals surface area contributed by atoms with E-state index < -0.39 is 22.2 Å². The monoisotopic (exact) mass is 332 g/mol. The molecule has 21 heavy (non-hydrogen) atoms. The minimum absolute atomic E-state index is 0.186. The van der Waals surface area contributed by atoms with E-state index in [4.69, 9.17) is 5.11 Å². The number of rotatable bonds is 9. The van der Waals surface area contributed by atoms with Gasteiger partial charge in [-0.15, -0.1) is 0 Å². The summed E-state index contributed by atoms with van der Waals surface area (Å²) >= 11 is 1.47. The SMILES string of the molecule is CSCC[C@H](NS(=O)(=O)N(C)Cc1ccccc1)C(=O)O. The first kappa shape index (κ1) is 18.0. The highest BCUT2D eigenvalue weighted by molar-refractivity contribution is 7.98. The molecule has 0 aromatic heterocycles. The minimum Gasteiger partial charge on any atom is -0.480 e. The molecule has 0 unspecified atom stereocenters. The van der Waals surface area contributed by atoms with Gasteiger partial charge in [0.05, 0.1) is 0 Å². The second-order valence-corrected chi connectivity index (χ2v) is 7.33. The van der Waals surface area contributed by atoms with E-state index in [1.54, 1.807) is 0 Å². The summed E-state index contributed by atoms with van der Waals surface area (Å²) in [5.74, 6) is -0.595. The molecule has 0 aliphatic rings. The van der Waals surface area contributed by atoms with E-state index in [1.165, 1.54) is 18.8 Å². The number of carbonyl (C=O) groups is 1. The number of nitrogens with one attached hydrogen (secondary N) is 1. The van der Waals surface area contributed by atoms with Crippen LogP contribution in [0.5, 0.6) is 0 Å². The first-order valence-electron chi connectivity index (χ1n) is 6.36. The number of carboxylic acid groups (broad SMARTS) is 1. The first-order valence-corrected chi connectivity index (χ1v) is 9.19. The van der Waals surface area contributed by atoms with Gasteiger partial charge in [0.15, 0.2) is 0 Å². The van der Waals surface area contributed by atoms with Crippen molar-refractivity contribution in [3.8, 4) is 0 Å². The van der Waals surface area contributed by atoms with Gasteiger partial charge in [0.2, 0.25) is 0 Å². The van der Waals surface area contributed by atoms with Crippen molar-refractivity contribution in [2.75, 3.05) is 19.1 Å². The fraction of sp³-hybridized carbons (Fsp3) is 0.462. The van der Waals surface area contributed by atoms with Crippen molar-refractivity contribution in [3.63, 3.8) is 0 Å². The smallest absolute Gasteiger partial charge is 0.321 e. The summed E-state index contributed by atoms with van der Waals surface area (Å²) in [7, 11) is -2.42. The van der Waals surface area contributed by atoms with Crippen LogP contribution in [0.1, 0.15) is 12.0 Å². The molecule has 0 radical (unpaired) electrons. The zero-order valence-electron chi connectivity index (χ0n) is 12.0. The van der Waals surface area contributed by atoms with Crippen LogP contribution in [0, 0.1) is 0 Å². The maximum Gasteiger partial charge on any atom is 0.321 e. The maximum absolute atomic E-state index is 12.2. The van der Waals surface area contributed by atoms with Gasteiger partial charge in [-0.25, -0.2) is 0 Å². The van der Waals surface area contributed by atoms with E-state index in [-0.39, 0.29) is 13.0 Å². The third-order valence-corrected chi connectivity index (χ3v) is 5.03. The molecule has 0 saturated carbocycles. The lowest BCUT2D eigenvalue weighted by atomic mass is 10.2. The zero-order chi connectivity index (χ0) is 15.9. The topological polar surface area (TPSA) is 86.7 Å². The lowest BCUT2D eigenvalue weighted by Crippen LogP contribution is -2.47. The predicted octanol–water partition coefficient (Wildman–Crippen LogP) is 1.16. The summed E-state index contributed by atoms with van der Waals surface area (Å²) in [6, 6.07) is 8.01. The Hall–Kier alpha value is -1.09.